The first kappa shape index (κ1) is 23.4. The lowest BCUT2D eigenvalue weighted by atomic mass is 10.2. The molecule has 1 aliphatic heterocycles. The van der Waals surface area contributed by atoms with E-state index in [1.807, 2.05) is 60.4 Å². The predicted octanol–water partition coefficient (Wildman–Crippen LogP) is 2.14. The zero-order chi connectivity index (χ0) is 22.4. The molecular formula is C24H34N6O2. The fourth-order valence-corrected chi connectivity index (χ4v) is 3.48. The van der Waals surface area contributed by atoms with Gasteiger partial charge in [-0.1, -0.05) is 24.3 Å². The van der Waals surface area contributed by atoms with Gasteiger partial charge in [0.25, 0.3) is 0 Å². The van der Waals surface area contributed by atoms with Crippen LogP contribution < -0.4 is 20.3 Å². The third-order valence-corrected chi connectivity index (χ3v) is 5.17. The van der Waals surface area contributed by atoms with Crippen molar-refractivity contribution in [2.75, 3.05) is 57.3 Å². The maximum absolute atomic E-state index is 12.6. The third-order valence-electron chi connectivity index (χ3n) is 5.17. The molecule has 8 heteroatoms. The summed E-state index contributed by atoms with van der Waals surface area (Å²) < 4.78 is 5.70. The van der Waals surface area contributed by atoms with Crippen LogP contribution in [0.4, 0.5) is 5.82 Å². The molecule has 0 bridgehead atoms. The summed E-state index contributed by atoms with van der Waals surface area (Å²) in [4.78, 5) is 25.7. The number of pyridine rings is 1. The Bertz CT molecular complexity index is 823. The number of piperazine rings is 1. The first-order valence-corrected chi connectivity index (χ1v) is 11.4. The predicted molar refractivity (Wildman–Crippen MR) is 128 cm³/mol. The molecule has 0 spiro atoms. The minimum Gasteiger partial charge on any atom is -0.494 e. The van der Waals surface area contributed by atoms with Gasteiger partial charge in [-0.3, -0.25) is 9.79 Å². The van der Waals surface area contributed by atoms with Gasteiger partial charge in [0, 0.05) is 64.9 Å². The number of carbonyl (C=O) groups excluding carboxylic acids is 1. The van der Waals surface area contributed by atoms with Crippen LogP contribution in [0.1, 0.15) is 19.8 Å². The van der Waals surface area contributed by atoms with Crippen LogP contribution in [0, 0.1) is 0 Å². The smallest absolute Gasteiger partial charge is 0.224 e. The summed E-state index contributed by atoms with van der Waals surface area (Å²) >= 11 is 0. The summed E-state index contributed by atoms with van der Waals surface area (Å²) in [5.74, 6) is 2.76. The van der Waals surface area contributed by atoms with Crippen LogP contribution in [0.5, 0.6) is 5.75 Å². The third kappa shape index (κ3) is 7.76. The van der Waals surface area contributed by atoms with Gasteiger partial charge in [-0.2, -0.15) is 0 Å². The van der Waals surface area contributed by atoms with Gasteiger partial charge in [-0.25, -0.2) is 4.98 Å². The Morgan fingerprint density at radius 2 is 1.84 bits per heavy atom. The molecule has 8 nitrogen and oxygen atoms in total. The van der Waals surface area contributed by atoms with E-state index >= 15 is 0 Å². The number of rotatable bonds is 10. The molecule has 1 aromatic heterocycles. The van der Waals surface area contributed by atoms with Crippen molar-refractivity contribution in [2.45, 2.75) is 19.8 Å². The van der Waals surface area contributed by atoms with E-state index in [0.29, 0.717) is 26.1 Å². The van der Waals surface area contributed by atoms with Crippen molar-refractivity contribution in [3.05, 3.63) is 54.7 Å². The minimum atomic E-state index is 0.172. The number of nitrogens with one attached hydrogen (secondary N) is 2. The number of carbonyl (C=O) groups is 1. The van der Waals surface area contributed by atoms with Crippen LogP contribution in [-0.2, 0) is 4.79 Å². The summed E-state index contributed by atoms with van der Waals surface area (Å²) in [5.41, 5.74) is 0. The average Bonchev–Trinajstić information content (AvgIpc) is 2.85. The van der Waals surface area contributed by atoms with Gasteiger partial charge >= 0.3 is 0 Å². The Morgan fingerprint density at radius 3 is 2.56 bits per heavy atom. The number of guanidine groups is 1. The van der Waals surface area contributed by atoms with Crippen molar-refractivity contribution in [1.29, 1.82) is 0 Å². The highest BCUT2D eigenvalue weighted by Crippen LogP contribution is 2.13. The Balaban J connectivity index is 1.32. The maximum Gasteiger partial charge on any atom is 0.224 e. The van der Waals surface area contributed by atoms with E-state index in [1.54, 1.807) is 6.20 Å². The molecule has 32 heavy (non-hydrogen) atoms. The van der Waals surface area contributed by atoms with Gasteiger partial charge in [0.05, 0.1) is 6.61 Å². The number of hydrogen-bond donors (Lipinski definition) is 2. The number of aromatic nitrogens is 1. The molecule has 2 N–H and O–H groups in total. The van der Waals surface area contributed by atoms with E-state index in [0.717, 1.165) is 56.7 Å². The molecule has 0 saturated carbocycles. The van der Waals surface area contributed by atoms with E-state index in [1.165, 1.54) is 0 Å². The van der Waals surface area contributed by atoms with Crippen LogP contribution in [-0.4, -0.2) is 74.2 Å². The highest BCUT2D eigenvalue weighted by Gasteiger charge is 2.21. The monoisotopic (exact) mass is 438 g/mol. The normalized spacial score (nSPS) is 14.2. The summed E-state index contributed by atoms with van der Waals surface area (Å²) in [6, 6.07) is 15.7. The molecule has 1 saturated heterocycles. The molecular weight excluding hydrogens is 404 g/mol. The van der Waals surface area contributed by atoms with Gasteiger partial charge in [0.2, 0.25) is 5.91 Å². The largest absolute Gasteiger partial charge is 0.494 e. The first-order chi connectivity index (χ1) is 15.8. The molecule has 0 aliphatic carbocycles. The molecule has 1 aliphatic rings. The number of ether oxygens (including phenoxy) is 1. The molecule has 0 radical (unpaired) electrons. The van der Waals surface area contributed by atoms with Gasteiger partial charge in [0.1, 0.15) is 11.6 Å². The van der Waals surface area contributed by atoms with Crippen LogP contribution >= 0.6 is 0 Å². The van der Waals surface area contributed by atoms with E-state index in [4.69, 9.17) is 4.74 Å². The van der Waals surface area contributed by atoms with Gasteiger partial charge in [-0.05, 0) is 31.2 Å². The van der Waals surface area contributed by atoms with Gasteiger partial charge in [0.15, 0.2) is 5.96 Å². The zero-order valence-electron chi connectivity index (χ0n) is 18.9. The highest BCUT2D eigenvalue weighted by molar-refractivity contribution is 5.81. The maximum atomic E-state index is 12.6. The van der Waals surface area contributed by atoms with Crippen molar-refractivity contribution in [2.24, 2.45) is 4.99 Å². The van der Waals surface area contributed by atoms with Gasteiger partial charge < -0.3 is 25.2 Å². The Hall–Kier alpha value is -3.29. The summed E-state index contributed by atoms with van der Waals surface area (Å²) in [5, 5.41) is 6.49. The molecule has 2 heterocycles. The number of anilines is 1. The quantitative estimate of drug-likeness (QED) is 0.336. The number of aliphatic imine (C=N–C) groups is 1. The Kier molecular flexibility index (Phi) is 9.64. The molecule has 3 rings (SSSR count). The molecule has 172 valence electrons. The second kappa shape index (κ2) is 13.2. The van der Waals surface area contributed by atoms with Gasteiger partial charge in [-0.15, -0.1) is 0 Å². The van der Waals surface area contributed by atoms with E-state index in [-0.39, 0.29) is 5.91 Å². The molecule has 2 aromatic rings. The lowest BCUT2D eigenvalue weighted by molar-refractivity contribution is -0.131. The zero-order valence-corrected chi connectivity index (χ0v) is 18.9. The van der Waals surface area contributed by atoms with Crippen LogP contribution in [0.2, 0.25) is 0 Å². The fourth-order valence-electron chi connectivity index (χ4n) is 3.48. The van der Waals surface area contributed by atoms with Crippen molar-refractivity contribution < 1.29 is 9.53 Å². The summed E-state index contributed by atoms with van der Waals surface area (Å²) in [6.45, 7) is 7.72. The van der Waals surface area contributed by atoms with Crippen molar-refractivity contribution >= 4 is 17.7 Å². The van der Waals surface area contributed by atoms with Crippen LogP contribution in [0.15, 0.2) is 59.7 Å². The highest BCUT2D eigenvalue weighted by atomic mass is 16.5. The van der Waals surface area contributed by atoms with E-state index < -0.39 is 0 Å². The molecule has 1 fully saturated rings. The lowest BCUT2D eigenvalue weighted by Crippen LogP contribution is -2.49. The van der Waals surface area contributed by atoms with Crippen LogP contribution in [0.3, 0.4) is 0 Å². The fraction of sp³-hybridized carbons (Fsp3) is 0.458. The second-order valence-electron chi connectivity index (χ2n) is 7.51. The van der Waals surface area contributed by atoms with E-state index in [2.05, 4.69) is 25.5 Å². The standard InChI is InChI=1S/C24H34N6O2/c1-2-25-24(27-14-8-20-32-21-9-4-3-5-10-21)28-15-12-23(31)30-18-16-29(17-19-30)22-11-6-7-13-26-22/h3-7,9-11,13H,2,8,12,14-20H2,1H3,(H2,25,27,28). The van der Waals surface area contributed by atoms with Crippen LogP contribution in [0.25, 0.3) is 0 Å². The van der Waals surface area contributed by atoms with Crippen molar-refractivity contribution in [3.8, 4) is 5.75 Å². The Labute approximate surface area is 190 Å². The van der Waals surface area contributed by atoms with Crippen molar-refractivity contribution in [1.82, 2.24) is 20.5 Å². The number of nitrogens with zero attached hydrogens (tertiary/aromatic N) is 4. The first-order valence-electron chi connectivity index (χ1n) is 11.4. The Morgan fingerprint density at radius 1 is 1.06 bits per heavy atom. The minimum absolute atomic E-state index is 0.172. The number of hydrogen-bond acceptors (Lipinski definition) is 5. The molecule has 0 atom stereocenters. The topological polar surface area (TPSA) is 82.1 Å². The number of amides is 1. The summed E-state index contributed by atoms with van der Waals surface area (Å²) in [7, 11) is 0. The average molecular weight is 439 g/mol. The lowest BCUT2D eigenvalue weighted by Gasteiger charge is -2.35. The van der Waals surface area contributed by atoms with Crippen molar-refractivity contribution in [3.63, 3.8) is 0 Å². The molecule has 0 unspecified atom stereocenters. The van der Waals surface area contributed by atoms with E-state index in [9.17, 15) is 4.79 Å². The SMILES string of the molecule is CCNC(=NCCCOc1ccccc1)NCCC(=O)N1CCN(c2ccccn2)CC1. The second-order valence-corrected chi connectivity index (χ2v) is 7.51. The number of benzene rings is 1. The molecule has 1 amide bonds. The summed E-state index contributed by atoms with van der Waals surface area (Å²) in [6.07, 6.45) is 3.08. The molecule has 1 aromatic carbocycles. The number of para-hydroxylation sites is 1.